The Balaban J connectivity index is 1.59. The lowest BCUT2D eigenvalue weighted by molar-refractivity contribution is -0.129. The van der Waals surface area contributed by atoms with Crippen LogP contribution in [0.15, 0.2) is 18.2 Å². The second-order valence-electron chi connectivity index (χ2n) is 6.90. The Hall–Kier alpha value is -2.28. The zero-order valence-electron chi connectivity index (χ0n) is 14.5. The van der Waals surface area contributed by atoms with Gasteiger partial charge in [0, 0.05) is 19.5 Å². The van der Waals surface area contributed by atoms with Crippen molar-refractivity contribution in [3.05, 3.63) is 23.8 Å². The molecular weight excluding hydrogens is 324 g/mol. The number of ether oxygens (including phenoxy) is 2. The van der Waals surface area contributed by atoms with E-state index in [4.69, 9.17) is 9.47 Å². The Labute approximate surface area is 146 Å². The first-order valence-corrected chi connectivity index (χ1v) is 8.55. The molecule has 0 aromatic heterocycles. The van der Waals surface area contributed by atoms with Crippen LogP contribution in [0.5, 0.6) is 11.5 Å². The zero-order valence-corrected chi connectivity index (χ0v) is 14.5. The molecule has 7 nitrogen and oxygen atoms in total. The summed E-state index contributed by atoms with van der Waals surface area (Å²) in [5, 5.41) is 12.2. The molecule has 0 aliphatic carbocycles. The fourth-order valence-electron chi connectivity index (χ4n) is 3.08. The van der Waals surface area contributed by atoms with Gasteiger partial charge in [-0.05, 0) is 23.6 Å². The summed E-state index contributed by atoms with van der Waals surface area (Å²) in [5.74, 6) is 0.931. The summed E-state index contributed by atoms with van der Waals surface area (Å²) in [5.41, 5.74) is 0.939. The van der Waals surface area contributed by atoms with Crippen molar-refractivity contribution in [1.29, 1.82) is 0 Å². The van der Waals surface area contributed by atoms with Gasteiger partial charge < -0.3 is 24.8 Å². The number of benzene rings is 1. The number of rotatable bonds is 6. The number of carbonyl (C=O) groups excluding carboxylic acids is 2. The van der Waals surface area contributed by atoms with E-state index in [2.05, 4.69) is 5.32 Å². The SMILES string of the molecule is CC(C)[C@@H](CO)NC(=O)[C@H]1CC(=O)N(Cc2ccc3c(c2)OCO3)C1. The molecule has 0 spiro atoms. The average molecular weight is 348 g/mol. The van der Waals surface area contributed by atoms with Gasteiger partial charge in [0.15, 0.2) is 11.5 Å². The maximum atomic E-state index is 12.4. The molecule has 0 radical (unpaired) electrons. The molecule has 2 amide bonds. The van der Waals surface area contributed by atoms with Crippen LogP contribution in [0.25, 0.3) is 0 Å². The lowest BCUT2D eigenvalue weighted by atomic mass is 10.0. The summed E-state index contributed by atoms with van der Waals surface area (Å²) in [6.45, 7) is 4.80. The molecule has 0 unspecified atom stereocenters. The maximum absolute atomic E-state index is 12.4. The third kappa shape index (κ3) is 3.87. The molecule has 2 aliphatic heterocycles. The van der Waals surface area contributed by atoms with Crippen molar-refractivity contribution in [1.82, 2.24) is 10.2 Å². The Morgan fingerprint density at radius 3 is 2.84 bits per heavy atom. The Morgan fingerprint density at radius 1 is 1.36 bits per heavy atom. The van der Waals surface area contributed by atoms with Crippen molar-refractivity contribution < 1.29 is 24.2 Å². The van der Waals surface area contributed by atoms with Crippen LogP contribution in [0.1, 0.15) is 25.8 Å². The number of aliphatic hydroxyl groups excluding tert-OH is 1. The Morgan fingerprint density at radius 2 is 2.12 bits per heavy atom. The number of hydrogen-bond acceptors (Lipinski definition) is 5. The normalized spacial score (nSPS) is 20.2. The van der Waals surface area contributed by atoms with Crippen LogP contribution in [-0.2, 0) is 16.1 Å². The minimum Gasteiger partial charge on any atom is -0.454 e. The maximum Gasteiger partial charge on any atom is 0.231 e. The van der Waals surface area contributed by atoms with E-state index in [0.717, 1.165) is 5.56 Å². The number of hydrogen-bond donors (Lipinski definition) is 2. The molecule has 7 heteroatoms. The predicted octanol–water partition coefficient (Wildman–Crippen LogP) is 0.897. The summed E-state index contributed by atoms with van der Waals surface area (Å²) < 4.78 is 10.6. The first-order valence-electron chi connectivity index (χ1n) is 8.55. The van der Waals surface area contributed by atoms with E-state index in [0.29, 0.717) is 24.6 Å². The molecule has 136 valence electrons. The van der Waals surface area contributed by atoms with Gasteiger partial charge in [0.1, 0.15) is 0 Å². The highest BCUT2D eigenvalue weighted by molar-refractivity contribution is 5.89. The van der Waals surface area contributed by atoms with E-state index in [9.17, 15) is 14.7 Å². The largest absolute Gasteiger partial charge is 0.454 e. The third-order valence-electron chi connectivity index (χ3n) is 4.72. The zero-order chi connectivity index (χ0) is 18.0. The van der Waals surface area contributed by atoms with Crippen molar-refractivity contribution in [2.24, 2.45) is 11.8 Å². The molecule has 25 heavy (non-hydrogen) atoms. The van der Waals surface area contributed by atoms with Gasteiger partial charge in [-0.1, -0.05) is 19.9 Å². The number of nitrogens with zero attached hydrogens (tertiary/aromatic N) is 1. The number of likely N-dealkylation sites (tertiary alicyclic amines) is 1. The highest BCUT2D eigenvalue weighted by atomic mass is 16.7. The van der Waals surface area contributed by atoms with Crippen LogP contribution in [0.2, 0.25) is 0 Å². The summed E-state index contributed by atoms with van der Waals surface area (Å²) in [4.78, 5) is 26.3. The van der Waals surface area contributed by atoms with E-state index in [1.54, 1.807) is 4.90 Å². The predicted molar refractivity (Wildman–Crippen MR) is 89.9 cm³/mol. The molecule has 1 aromatic rings. The van der Waals surface area contributed by atoms with Gasteiger partial charge in [0.25, 0.3) is 0 Å². The molecule has 2 N–H and O–H groups in total. The van der Waals surface area contributed by atoms with Crippen molar-refractivity contribution in [3.63, 3.8) is 0 Å². The fraction of sp³-hybridized carbons (Fsp3) is 0.556. The quantitative estimate of drug-likeness (QED) is 0.797. The highest BCUT2D eigenvalue weighted by Crippen LogP contribution is 2.33. The number of amides is 2. The molecule has 3 rings (SSSR count). The average Bonchev–Trinajstić information content (AvgIpc) is 3.18. The molecule has 2 heterocycles. The van der Waals surface area contributed by atoms with Crippen molar-refractivity contribution >= 4 is 11.8 Å². The van der Waals surface area contributed by atoms with Crippen molar-refractivity contribution in [2.75, 3.05) is 19.9 Å². The molecule has 1 saturated heterocycles. The lowest BCUT2D eigenvalue weighted by Crippen LogP contribution is -2.44. The summed E-state index contributed by atoms with van der Waals surface area (Å²) in [6, 6.07) is 5.31. The number of carbonyl (C=O) groups is 2. The minimum atomic E-state index is -0.380. The summed E-state index contributed by atoms with van der Waals surface area (Å²) in [7, 11) is 0. The second kappa shape index (κ2) is 7.31. The van der Waals surface area contributed by atoms with Crippen LogP contribution in [-0.4, -0.2) is 47.8 Å². The van der Waals surface area contributed by atoms with E-state index >= 15 is 0 Å². The number of aliphatic hydroxyl groups is 1. The van der Waals surface area contributed by atoms with E-state index in [1.807, 2.05) is 32.0 Å². The molecule has 2 atom stereocenters. The number of fused-ring (bicyclic) bond motifs is 1. The van der Waals surface area contributed by atoms with Gasteiger partial charge >= 0.3 is 0 Å². The lowest BCUT2D eigenvalue weighted by Gasteiger charge is -2.22. The van der Waals surface area contributed by atoms with Gasteiger partial charge in [-0.15, -0.1) is 0 Å². The van der Waals surface area contributed by atoms with Gasteiger partial charge in [0.2, 0.25) is 18.6 Å². The molecule has 1 fully saturated rings. The first kappa shape index (κ1) is 17.5. The van der Waals surface area contributed by atoms with Crippen molar-refractivity contribution in [3.8, 4) is 11.5 Å². The number of nitrogens with one attached hydrogen (secondary N) is 1. The monoisotopic (exact) mass is 348 g/mol. The van der Waals surface area contributed by atoms with Crippen LogP contribution in [0.4, 0.5) is 0 Å². The first-order chi connectivity index (χ1) is 12.0. The molecule has 0 bridgehead atoms. The van der Waals surface area contributed by atoms with Crippen LogP contribution in [0.3, 0.4) is 0 Å². The summed E-state index contributed by atoms with van der Waals surface area (Å²) >= 11 is 0. The van der Waals surface area contributed by atoms with E-state index in [1.165, 1.54) is 0 Å². The van der Waals surface area contributed by atoms with E-state index < -0.39 is 0 Å². The molecule has 2 aliphatic rings. The van der Waals surface area contributed by atoms with Crippen molar-refractivity contribution in [2.45, 2.75) is 32.9 Å². The summed E-state index contributed by atoms with van der Waals surface area (Å²) in [6.07, 6.45) is 0.201. The molecular formula is C18H24N2O5. The highest BCUT2D eigenvalue weighted by Gasteiger charge is 2.35. The standard InChI is InChI=1S/C18H24N2O5/c1-11(2)14(9-21)19-18(23)13-6-17(22)20(8-13)7-12-3-4-15-16(5-12)25-10-24-15/h3-5,11,13-14,21H,6-10H2,1-2H3,(H,19,23)/t13-,14+/m0/s1. The van der Waals surface area contributed by atoms with Gasteiger partial charge in [0.05, 0.1) is 18.6 Å². The van der Waals surface area contributed by atoms with Gasteiger partial charge in [-0.3, -0.25) is 9.59 Å². The molecule has 0 saturated carbocycles. The third-order valence-corrected chi connectivity index (χ3v) is 4.72. The minimum absolute atomic E-state index is 0.0390. The Bertz CT molecular complexity index is 661. The second-order valence-corrected chi connectivity index (χ2v) is 6.90. The smallest absolute Gasteiger partial charge is 0.231 e. The van der Waals surface area contributed by atoms with E-state index in [-0.39, 0.29) is 49.5 Å². The molecule has 1 aromatic carbocycles. The van der Waals surface area contributed by atoms with Crippen LogP contribution in [0, 0.1) is 11.8 Å². The van der Waals surface area contributed by atoms with Gasteiger partial charge in [-0.2, -0.15) is 0 Å². The van der Waals surface area contributed by atoms with Crippen LogP contribution >= 0.6 is 0 Å². The van der Waals surface area contributed by atoms with Gasteiger partial charge in [-0.25, -0.2) is 0 Å². The van der Waals surface area contributed by atoms with Crippen LogP contribution < -0.4 is 14.8 Å². The fourth-order valence-corrected chi connectivity index (χ4v) is 3.08. The topological polar surface area (TPSA) is 88.1 Å². The Kier molecular flexibility index (Phi) is 5.13.